The Kier molecular flexibility index (Phi) is 4.04. The number of aromatic nitrogens is 1. The minimum absolute atomic E-state index is 0.576. The van der Waals surface area contributed by atoms with Gasteiger partial charge < -0.3 is 20.2 Å². The number of hydrogen-bond acceptors (Lipinski definition) is 6. The maximum absolute atomic E-state index is 5.33. The van der Waals surface area contributed by atoms with Crippen LogP contribution in [-0.4, -0.2) is 19.2 Å². The van der Waals surface area contributed by atoms with E-state index in [0.29, 0.717) is 5.82 Å². The Morgan fingerprint density at radius 2 is 1.95 bits per heavy atom. The summed E-state index contributed by atoms with van der Waals surface area (Å²) < 4.78 is 10.5. The van der Waals surface area contributed by atoms with Gasteiger partial charge in [0.2, 0.25) is 0 Å². The Balaban J connectivity index is 2.30. The largest absolute Gasteiger partial charge is 0.497 e. The average molecular weight is 260 g/mol. The van der Waals surface area contributed by atoms with Crippen molar-refractivity contribution in [3.63, 3.8) is 0 Å². The highest BCUT2D eigenvalue weighted by molar-refractivity contribution is 5.69. The third-order valence-corrected chi connectivity index (χ3v) is 2.59. The first-order chi connectivity index (χ1) is 9.26. The Bertz CT molecular complexity index is 560. The number of nitrogens with two attached hydrogens (primary N) is 1. The van der Waals surface area contributed by atoms with E-state index >= 15 is 0 Å². The van der Waals surface area contributed by atoms with Gasteiger partial charge in [0.05, 0.1) is 19.9 Å². The predicted octanol–water partition coefficient (Wildman–Crippen LogP) is 2.13. The molecule has 0 bridgehead atoms. The van der Waals surface area contributed by atoms with Gasteiger partial charge in [-0.2, -0.15) is 0 Å². The van der Waals surface area contributed by atoms with Crippen LogP contribution in [0.1, 0.15) is 0 Å². The summed E-state index contributed by atoms with van der Waals surface area (Å²) in [5.41, 5.74) is 4.14. The molecule has 4 N–H and O–H groups in total. The van der Waals surface area contributed by atoms with Gasteiger partial charge >= 0.3 is 0 Å². The molecule has 2 rings (SSSR count). The summed E-state index contributed by atoms with van der Waals surface area (Å²) in [5, 5.41) is 3.23. The molecule has 0 aliphatic rings. The maximum atomic E-state index is 5.33. The van der Waals surface area contributed by atoms with Crippen molar-refractivity contribution in [2.24, 2.45) is 5.84 Å². The fourth-order valence-electron chi connectivity index (χ4n) is 1.65. The molecule has 0 atom stereocenters. The fourth-order valence-corrected chi connectivity index (χ4v) is 1.65. The van der Waals surface area contributed by atoms with E-state index in [4.69, 9.17) is 15.3 Å². The molecule has 0 aliphatic carbocycles. The third-order valence-electron chi connectivity index (χ3n) is 2.59. The van der Waals surface area contributed by atoms with Gasteiger partial charge in [-0.05, 0) is 18.2 Å². The Morgan fingerprint density at radius 3 is 2.63 bits per heavy atom. The molecule has 0 aliphatic heterocycles. The standard InChI is InChI=1S/C13H16N4O2/c1-18-10-3-4-12(19-2)11(8-10)16-9-5-6-15-13(7-9)17-14/h3-8H,14H2,1-2H3,(H2,15,16,17). The van der Waals surface area contributed by atoms with E-state index in [-0.39, 0.29) is 0 Å². The summed E-state index contributed by atoms with van der Waals surface area (Å²) >= 11 is 0. The molecule has 6 nitrogen and oxygen atoms in total. The van der Waals surface area contributed by atoms with E-state index in [1.165, 1.54) is 0 Å². The van der Waals surface area contributed by atoms with Crippen LogP contribution in [0.15, 0.2) is 36.5 Å². The van der Waals surface area contributed by atoms with Crippen LogP contribution in [0.2, 0.25) is 0 Å². The van der Waals surface area contributed by atoms with Gasteiger partial charge in [0.1, 0.15) is 17.3 Å². The molecular weight excluding hydrogens is 244 g/mol. The second-order valence-corrected chi connectivity index (χ2v) is 3.77. The zero-order valence-corrected chi connectivity index (χ0v) is 10.8. The van der Waals surface area contributed by atoms with Gasteiger partial charge in [-0.15, -0.1) is 0 Å². The number of ether oxygens (including phenoxy) is 2. The van der Waals surface area contributed by atoms with E-state index in [0.717, 1.165) is 22.9 Å². The zero-order valence-electron chi connectivity index (χ0n) is 10.8. The lowest BCUT2D eigenvalue weighted by molar-refractivity contribution is 0.405. The molecule has 2 aromatic rings. The average Bonchev–Trinajstić information content (AvgIpc) is 2.47. The van der Waals surface area contributed by atoms with Gasteiger partial charge in [-0.25, -0.2) is 10.8 Å². The van der Waals surface area contributed by atoms with Gasteiger partial charge in [0.25, 0.3) is 0 Å². The lowest BCUT2D eigenvalue weighted by atomic mass is 10.2. The first-order valence-corrected chi connectivity index (χ1v) is 5.68. The molecule has 0 spiro atoms. The zero-order chi connectivity index (χ0) is 13.7. The number of nitrogens with zero attached hydrogens (tertiary/aromatic N) is 1. The van der Waals surface area contributed by atoms with Gasteiger partial charge in [0, 0.05) is 24.0 Å². The highest BCUT2D eigenvalue weighted by atomic mass is 16.5. The molecule has 0 saturated heterocycles. The lowest BCUT2D eigenvalue weighted by Gasteiger charge is -2.13. The van der Waals surface area contributed by atoms with Crippen molar-refractivity contribution in [2.75, 3.05) is 25.0 Å². The van der Waals surface area contributed by atoms with Gasteiger partial charge in [-0.1, -0.05) is 0 Å². The molecule has 1 aromatic heterocycles. The summed E-state index contributed by atoms with van der Waals surface area (Å²) in [4.78, 5) is 4.04. The Labute approximate surface area is 111 Å². The minimum atomic E-state index is 0.576. The molecule has 0 saturated carbocycles. The number of benzene rings is 1. The second kappa shape index (κ2) is 5.92. The van der Waals surface area contributed by atoms with Crippen molar-refractivity contribution in [1.82, 2.24) is 4.98 Å². The molecule has 100 valence electrons. The molecule has 1 aromatic carbocycles. The molecule has 0 unspecified atom stereocenters. The fraction of sp³-hybridized carbons (Fsp3) is 0.154. The Morgan fingerprint density at radius 1 is 1.11 bits per heavy atom. The highest BCUT2D eigenvalue weighted by Crippen LogP contribution is 2.31. The van der Waals surface area contributed by atoms with Crippen molar-refractivity contribution in [3.8, 4) is 11.5 Å². The van der Waals surface area contributed by atoms with Crippen LogP contribution in [-0.2, 0) is 0 Å². The molecule has 0 radical (unpaired) electrons. The monoisotopic (exact) mass is 260 g/mol. The van der Waals surface area contributed by atoms with Crippen LogP contribution < -0.4 is 26.1 Å². The molecule has 0 amide bonds. The number of methoxy groups -OCH3 is 2. The van der Waals surface area contributed by atoms with E-state index in [9.17, 15) is 0 Å². The number of nitrogens with one attached hydrogen (secondary N) is 2. The van der Waals surface area contributed by atoms with Crippen LogP contribution in [0.5, 0.6) is 11.5 Å². The highest BCUT2D eigenvalue weighted by Gasteiger charge is 2.06. The summed E-state index contributed by atoms with van der Waals surface area (Å²) in [5.74, 6) is 7.37. The number of anilines is 3. The smallest absolute Gasteiger partial charge is 0.142 e. The van der Waals surface area contributed by atoms with Gasteiger partial charge in [0.15, 0.2) is 0 Å². The van der Waals surface area contributed by atoms with Crippen LogP contribution in [0.3, 0.4) is 0 Å². The second-order valence-electron chi connectivity index (χ2n) is 3.77. The van der Waals surface area contributed by atoms with Crippen LogP contribution in [0.25, 0.3) is 0 Å². The number of hydrogen-bond donors (Lipinski definition) is 3. The van der Waals surface area contributed by atoms with Crippen molar-refractivity contribution in [1.29, 1.82) is 0 Å². The number of rotatable bonds is 5. The molecule has 1 heterocycles. The van der Waals surface area contributed by atoms with Crippen LogP contribution in [0.4, 0.5) is 17.2 Å². The predicted molar refractivity (Wildman–Crippen MR) is 74.9 cm³/mol. The maximum Gasteiger partial charge on any atom is 0.142 e. The molecule has 0 fully saturated rings. The van der Waals surface area contributed by atoms with Crippen molar-refractivity contribution < 1.29 is 9.47 Å². The van der Waals surface area contributed by atoms with E-state index in [1.54, 1.807) is 26.5 Å². The number of hydrazine groups is 1. The Hall–Kier alpha value is -2.47. The third kappa shape index (κ3) is 3.05. The summed E-state index contributed by atoms with van der Waals surface area (Å²) in [6.45, 7) is 0. The van der Waals surface area contributed by atoms with Crippen LogP contribution >= 0.6 is 0 Å². The van der Waals surface area contributed by atoms with E-state index in [2.05, 4.69) is 15.7 Å². The van der Waals surface area contributed by atoms with Crippen LogP contribution in [0, 0.1) is 0 Å². The normalized spacial score (nSPS) is 9.84. The molecular formula is C13H16N4O2. The summed E-state index contributed by atoms with van der Waals surface area (Å²) in [7, 11) is 3.24. The van der Waals surface area contributed by atoms with E-state index < -0.39 is 0 Å². The number of pyridine rings is 1. The van der Waals surface area contributed by atoms with Gasteiger partial charge in [-0.3, -0.25) is 0 Å². The number of nitrogen functional groups attached to an aromatic ring is 1. The first kappa shape index (κ1) is 13.0. The minimum Gasteiger partial charge on any atom is -0.497 e. The quantitative estimate of drug-likeness (QED) is 0.564. The summed E-state index contributed by atoms with van der Waals surface area (Å²) in [6, 6.07) is 9.15. The SMILES string of the molecule is COc1ccc(OC)c(Nc2ccnc(NN)c2)c1. The molecule has 19 heavy (non-hydrogen) atoms. The van der Waals surface area contributed by atoms with Crippen molar-refractivity contribution in [2.45, 2.75) is 0 Å². The topological polar surface area (TPSA) is 81.4 Å². The summed E-state index contributed by atoms with van der Waals surface area (Å²) in [6.07, 6.45) is 1.66. The first-order valence-electron chi connectivity index (χ1n) is 5.68. The van der Waals surface area contributed by atoms with Crippen molar-refractivity contribution >= 4 is 17.2 Å². The van der Waals surface area contributed by atoms with Crippen molar-refractivity contribution in [3.05, 3.63) is 36.5 Å². The lowest BCUT2D eigenvalue weighted by Crippen LogP contribution is -2.08. The molecule has 6 heteroatoms. The van der Waals surface area contributed by atoms with E-state index in [1.807, 2.05) is 24.3 Å².